The molecule has 1 saturated heterocycles. The van der Waals surface area contributed by atoms with Crippen LogP contribution in [0.5, 0.6) is 0 Å². The van der Waals surface area contributed by atoms with Crippen LogP contribution in [0.4, 0.5) is 10.1 Å². The zero-order chi connectivity index (χ0) is 13.1. The van der Waals surface area contributed by atoms with Crippen molar-refractivity contribution in [1.82, 2.24) is 0 Å². The molecule has 1 fully saturated rings. The number of rotatable bonds is 3. The standard InChI is InChI=1S/C14H20FNO2/c1-10(18)14-12(15)5-2-6-13(14)16-7-3-4-11(8-16)9-17/h2,5-6,10-11,17-18H,3-4,7-9H2,1H3/t10-,11?/m0/s1. The summed E-state index contributed by atoms with van der Waals surface area (Å²) < 4.78 is 13.8. The van der Waals surface area contributed by atoms with Crippen LogP contribution in [0.3, 0.4) is 0 Å². The molecule has 0 bridgehead atoms. The van der Waals surface area contributed by atoms with Gasteiger partial charge in [-0.25, -0.2) is 4.39 Å². The Morgan fingerprint density at radius 3 is 2.94 bits per heavy atom. The number of anilines is 1. The van der Waals surface area contributed by atoms with Crippen LogP contribution < -0.4 is 4.90 Å². The molecule has 0 amide bonds. The van der Waals surface area contributed by atoms with Crippen LogP contribution >= 0.6 is 0 Å². The number of hydrogen-bond acceptors (Lipinski definition) is 3. The van der Waals surface area contributed by atoms with Gasteiger partial charge < -0.3 is 15.1 Å². The molecule has 2 atom stereocenters. The van der Waals surface area contributed by atoms with E-state index in [1.165, 1.54) is 6.07 Å². The molecular weight excluding hydrogens is 233 g/mol. The summed E-state index contributed by atoms with van der Waals surface area (Å²) in [5, 5.41) is 19.0. The molecule has 1 aromatic carbocycles. The molecule has 1 heterocycles. The maximum atomic E-state index is 13.8. The number of aliphatic hydroxyl groups is 2. The summed E-state index contributed by atoms with van der Waals surface area (Å²) >= 11 is 0. The molecule has 0 aliphatic carbocycles. The lowest BCUT2D eigenvalue weighted by molar-refractivity contribution is 0.192. The van der Waals surface area contributed by atoms with E-state index in [0.29, 0.717) is 5.56 Å². The monoisotopic (exact) mass is 253 g/mol. The highest BCUT2D eigenvalue weighted by atomic mass is 19.1. The van der Waals surface area contributed by atoms with Crippen molar-refractivity contribution in [3.8, 4) is 0 Å². The van der Waals surface area contributed by atoms with Gasteiger partial charge in [-0.3, -0.25) is 0 Å². The normalized spacial score (nSPS) is 22.0. The summed E-state index contributed by atoms with van der Waals surface area (Å²) in [6, 6.07) is 4.88. The number of nitrogens with zero attached hydrogens (tertiary/aromatic N) is 1. The van der Waals surface area contributed by atoms with Crippen LogP contribution in [0.1, 0.15) is 31.4 Å². The summed E-state index contributed by atoms with van der Waals surface area (Å²) in [4.78, 5) is 2.06. The van der Waals surface area contributed by atoms with E-state index >= 15 is 0 Å². The van der Waals surface area contributed by atoms with Crippen molar-refractivity contribution in [3.05, 3.63) is 29.6 Å². The molecule has 100 valence electrons. The van der Waals surface area contributed by atoms with Gasteiger partial charge in [-0.2, -0.15) is 0 Å². The van der Waals surface area contributed by atoms with Gasteiger partial charge in [0.2, 0.25) is 0 Å². The molecule has 0 spiro atoms. The second-order valence-electron chi connectivity index (χ2n) is 4.99. The minimum Gasteiger partial charge on any atom is -0.396 e. The third-order valence-corrected chi connectivity index (χ3v) is 3.57. The van der Waals surface area contributed by atoms with Crippen LogP contribution in [-0.2, 0) is 0 Å². The molecule has 0 aromatic heterocycles. The zero-order valence-electron chi connectivity index (χ0n) is 10.6. The van der Waals surface area contributed by atoms with Crippen molar-refractivity contribution in [2.45, 2.75) is 25.9 Å². The fourth-order valence-electron chi connectivity index (χ4n) is 2.65. The number of piperidine rings is 1. The minimum atomic E-state index is -0.823. The van der Waals surface area contributed by atoms with E-state index in [9.17, 15) is 14.6 Å². The van der Waals surface area contributed by atoms with Gasteiger partial charge in [0, 0.05) is 30.9 Å². The van der Waals surface area contributed by atoms with Gasteiger partial charge in [-0.15, -0.1) is 0 Å². The van der Waals surface area contributed by atoms with Gasteiger partial charge in [-0.1, -0.05) is 6.07 Å². The quantitative estimate of drug-likeness (QED) is 0.867. The maximum absolute atomic E-state index is 13.8. The SMILES string of the molecule is C[C@H](O)c1c(F)cccc1N1CCCC(CO)C1. The average molecular weight is 253 g/mol. The topological polar surface area (TPSA) is 43.7 Å². The number of hydrogen-bond donors (Lipinski definition) is 2. The molecule has 18 heavy (non-hydrogen) atoms. The van der Waals surface area contributed by atoms with Crippen molar-refractivity contribution in [3.63, 3.8) is 0 Å². The van der Waals surface area contributed by atoms with E-state index in [-0.39, 0.29) is 18.3 Å². The lowest BCUT2D eigenvalue weighted by Crippen LogP contribution is -2.37. The fraction of sp³-hybridized carbons (Fsp3) is 0.571. The Bertz CT molecular complexity index is 409. The Morgan fingerprint density at radius 1 is 1.50 bits per heavy atom. The van der Waals surface area contributed by atoms with Gasteiger partial charge in [0.1, 0.15) is 5.82 Å². The molecule has 2 N–H and O–H groups in total. The molecule has 1 aliphatic rings. The first-order valence-corrected chi connectivity index (χ1v) is 6.45. The molecule has 1 aromatic rings. The minimum absolute atomic E-state index is 0.163. The van der Waals surface area contributed by atoms with Gasteiger partial charge >= 0.3 is 0 Å². The number of halogens is 1. The first kappa shape index (κ1) is 13.3. The van der Waals surface area contributed by atoms with Gasteiger partial charge in [0.05, 0.1) is 6.10 Å². The van der Waals surface area contributed by atoms with Crippen LogP contribution in [0, 0.1) is 11.7 Å². The third kappa shape index (κ3) is 2.65. The van der Waals surface area contributed by atoms with Crippen molar-refractivity contribution >= 4 is 5.69 Å². The molecule has 1 aliphatic heterocycles. The van der Waals surface area contributed by atoms with Crippen LogP contribution in [0.15, 0.2) is 18.2 Å². The van der Waals surface area contributed by atoms with Crippen molar-refractivity contribution < 1.29 is 14.6 Å². The Morgan fingerprint density at radius 2 is 2.28 bits per heavy atom. The Labute approximate surface area is 107 Å². The van der Waals surface area contributed by atoms with Crippen LogP contribution in [0.2, 0.25) is 0 Å². The van der Waals surface area contributed by atoms with Crippen molar-refractivity contribution in [2.24, 2.45) is 5.92 Å². The van der Waals surface area contributed by atoms with E-state index in [1.54, 1.807) is 13.0 Å². The highest BCUT2D eigenvalue weighted by Crippen LogP contribution is 2.31. The zero-order valence-corrected chi connectivity index (χ0v) is 10.6. The second-order valence-corrected chi connectivity index (χ2v) is 4.99. The second kappa shape index (κ2) is 5.67. The molecular formula is C14H20FNO2. The molecule has 4 heteroatoms. The predicted octanol–water partition coefficient (Wildman–Crippen LogP) is 2.09. The first-order valence-electron chi connectivity index (χ1n) is 6.45. The highest BCUT2D eigenvalue weighted by molar-refractivity contribution is 5.55. The van der Waals surface area contributed by atoms with Gasteiger partial charge in [0.15, 0.2) is 0 Å². The molecule has 3 nitrogen and oxygen atoms in total. The van der Waals surface area contributed by atoms with Crippen LogP contribution in [0.25, 0.3) is 0 Å². The Balaban J connectivity index is 2.29. The van der Waals surface area contributed by atoms with Gasteiger partial charge in [-0.05, 0) is 37.8 Å². The van der Waals surface area contributed by atoms with Crippen molar-refractivity contribution in [1.29, 1.82) is 0 Å². The highest BCUT2D eigenvalue weighted by Gasteiger charge is 2.23. The van der Waals surface area contributed by atoms with E-state index in [0.717, 1.165) is 31.6 Å². The molecule has 0 saturated carbocycles. The predicted molar refractivity (Wildman–Crippen MR) is 69.1 cm³/mol. The van der Waals surface area contributed by atoms with E-state index in [2.05, 4.69) is 4.90 Å². The Kier molecular flexibility index (Phi) is 4.19. The average Bonchev–Trinajstić information content (AvgIpc) is 2.38. The van der Waals surface area contributed by atoms with Gasteiger partial charge in [0.25, 0.3) is 0 Å². The summed E-state index contributed by atoms with van der Waals surface area (Å²) in [5.74, 6) is -0.127. The summed E-state index contributed by atoms with van der Waals surface area (Å²) in [5.41, 5.74) is 1.11. The Hall–Kier alpha value is -1.13. The number of benzene rings is 1. The van der Waals surface area contributed by atoms with E-state index in [1.807, 2.05) is 6.07 Å². The lowest BCUT2D eigenvalue weighted by Gasteiger charge is -2.35. The lowest BCUT2D eigenvalue weighted by atomic mass is 9.97. The summed E-state index contributed by atoms with van der Waals surface area (Å²) in [6.07, 6.45) is 1.17. The largest absolute Gasteiger partial charge is 0.396 e. The third-order valence-electron chi connectivity index (χ3n) is 3.57. The fourth-order valence-corrected chi connectivity index (χ4v) is 2.65. The van der Waals surface area contributed by atoms with E-state index in [4.69, 9.17) is 0 Å². The molecule has 0 radical (unpaired) electrons. The first-order chi connectivity index (χ1) is 8.63. The number of aliphatic hydroxyl groups excluding tert-OH is 2. The van der Waals surface area contributed by atoms with E-state index < -0.39 is 6.10 Å². The molecule has 1 unspecified atom stereocenters. The molecule has 2 rings (SSSR count). The maximum Gasteiger partial charge on any atom is 0.131 e. The summed E-state index contributed by atoms with van der Waals surface area (Å²) in [7, 11) is 0. The summed E-state index contributed by atoms with van der Waals surface area (Å²) in [6.45, 7) is 3.31. The van der Waals surface area contributed by atoms with Crippen molar-refractivity contribution in [2.75, 3.05) is 24.6 Å². The smallest absolute Gasteiger partial charge is 0.131 e. The van der Waals surface area contributed by atoms with Crippen LogP contribution in [-0.4, -0.2) is 29.9 Å².